The summed E-state index contributed by atoms with van der Waals surface area (Å²) < 4.78 is 7.43. The molecule has 3 rings (SSSR count). The molecule has 0 aliphatic carbocycles. The van der Waals surface area contributed by atoms with Crippen LogP contribution in [0.4, 0.5) is 10.5 Å². The lowest BCUT2D eigenvalue weighted by Crippen LogP contribution is -2.50. The van der Waals surface area contributed by atoms with E-state index in [9.17, 15) is 4.79 Å². The summed E-state index contributed by atoms with van der Waals surface area (Å²) in [6.45, 7) is 8.64. The average Bonchev–Trinajstić information content (AvgIpc) is 2.93. The van der Waals surface area contributed by atoms with E-state index in [4.69, 9.17) is 4.74 Å². The maximum absolute atomic E-state index is 12.1. The minimum absolute atomic E-state index is 0.225. The Morgan fingerprint density at radius 1 is 1.18 bits per heavy atom. The number of anilines is 1. The fraction of sp³-hybridized carbons (Fsp3) is 0.500. The van der Waals surface area contributed by atoms with Crippen LogP contribution in [0.2, 0.25) is 0 Å². The van der Waals surface area contributed by atoms with Gasteiger partial charge in [-0.2, -0.15) is 0 Å². The summed E-state index contributed by atoms with van der Waals surface area (Å²) in [5, 5.41) is 0. The van der Waals surface area contributed by atoms with Crippen molar-refractivity contribution in [2.24, 2.45) is 0 Å². The third-order valence-corrected chi connectivity index (χ3v) is 3.67. The first-order valence-corrected chi connectivity index (χ1v) is 7.58. The summed E-state index contributed by atoms with van der Waals surface area (Å²) in [5.74, 6) is 0. The zero-order valence-corrected chi connectivity index (χ0v) is 13.3. The summed E-state index contributed by atoms with van der Waals surface area (Å²) in [4.78, 5) is 20.4. The summed E-state index contributed by atoms with van der Waals surface area (Å²) in [6, 6.07) is 4.08. The van der Waals surface area contributed by atoms with Gasteiger partial charge in [-0.1, -0.05) is 0 Å². The van der Waals surface area contributed by atoms with Gasteiger partial charge in [-0.25, -0.2) is 9.78 Å². The first-order valence-electron chi connectivity index (χ1n) is 7.58. The number of amides is 1. The van der Waals surface area contributed by atoms with Crippen LogP contribution >= 0.6 is 0 Å². The minimum atomic E-state index is -0.444. The molecule has 1 aliphatic heterocycles. The van der Waals surface area contributed by atoms with Gasteiger partial charge in [0.25, 0.3) is 0 Å². The van der Waals surface area contributed by atoms with Crippen LogP contribution in [0, 0.1) is 0 Å². The van der Waals surface area contributed by atoms with Crippen molar-refractivity contribution in [3.8, 4) is 0 Å². The van der Waals surface area contributed by atoms with E-state index in [1.165, 1.54) is 0 Å². The molecule has 0 atom stereocenters. The van der Waals surface area contributed by atoms with Crippen LogP contribution in [-0.4, -0.2) is 52.2 Å². The van der Waals surface area contributed by atoms with Crippen molar-refractivity contribution in [1.29, 1.82) is 0 Å². The van der Waals surface area contributed by atoms with Crippen molar-refractivity contribution in [2.75, 3.05) is 31.1 Å². The highest BCUT2D eigenvalue weighted by molar-refractivity contribution is 5.68. The van der Waals surface area contributed by atoms with Crippen molar-refractivity contribution < 1.29 is 9.53 Å². The topological polar surface area (TPSA) is 50.1 Å². The molecule has 0 bridgehead atoms. The van der Waals surface area contributed by atoms with Gasteiger partial charge in [-0.05, 0) is 32.9 Å². The Bertz CT molecular complexity index is 666. The van der Waals surface area contributed by atoms with E-state index in [-0.39, 0.29) is 6.09 Å². The molecule has 118 valence electrons. The second-order valence-corrected chi connectivity index (χ2v) is 6.53. The van der Waals surface area contributed by atoms with Crippen LogP contribution in [0.15, 0.2) is 30.7 Å². The third kappa shape index (κ3) is 3.16. The van der Waals surface area contributed by atoms with Gasteiger partial charge in [0.05, 0.1) is 5.69 Å². The monoisotopic (exact) mass is 302 g/mol. The minimum Gasteiger partial charge on any atom is -0.444 e. The van der Waals surface area contributed by atoms with Crippen LogP contribution in [-0.2, 0) is 4.74 Å². The Labute approximate surface area is 130 Å². The molecule has 0 spiro atoms. The van der Waals surface area contributed by atoms with Gasteiger partial charge in [0.15, 0.2) is 0 Å². The van der Waals surface area contributed by atoms with E-state index in [0.717, 1.165) is 24.4 Å². The van der Waals surface area contributed by atoms with Gasteiger partial charge in [0.2, 0.25) is 0 Å². The highest BCUT2D eigenvalue weighted by Gasteiger charge is 2.25. The van der Waals surface area contributed by atoms with Crippen LogP contribution in [0.1, 0.15) is 20.8 Å². The van der Waals surface area contributed by atoms with E-state index in [2.05, 4.69) is 22.1 Å². The molecule has 0 saturated carbocycles. The second kappa shape index (κ2) is 5.51. The van der Waals surface area contributed by atoms with E-state index in [1.54, 1.807) is 11.1 Å². The Balaban J connectivity index is 1.62. The lowest BCUT2D eigenvalue weighted by molar-refractivity contribution is 0.0240. The lowest BCUT2D eigenvalue weighted by Gasteiger charge is -2.36. The zero-order valence-electron chi connectivity index (χ0n) is 13.3. The number of ether oxygens (including phenoxy) is 1. The predicted molar refractivity (Wildman–Crippen MR) is 85.2 cm³/mol. The van der Waals surface area contributed by atoms with Gasteiger partial charge in [0, 0.05) is 44.8 Å². The van der Waals surface area contributed by atoms with Crippen LogP contribution in [0.25, 0.3) is 5.65 Å². The Hall–Kier alpha value is -2.24. The van der Waals surface area contributed by atoms with Gasteiger partial charge >= 0.3 is 6.09 Å². The fourth-order valence-corrected chi connectivity index (χ4v) is 2.57. The van der Waals surface area contributed by atoms with E-state index in [1.807, 2.05) is 37.4 Å². The molecule has 6 nitrogen and oxygen atoms in total. The highest BCUT2D eigenvalue weighted by Crippen LogP contribution is 2.18. The molecule has 0 aromatic carbocycles. The number of piperazine rings is 1. The van der Waals surface area contributed by atoms with Crippen molar-refractivity contribution >= 4 is 17.4 Å². The number of nitrogens with zero attached hydrogens (tertiary/aromatic N) is 4. The average molecular weight is 302 g/mol. The first kappa shape index (κ1) is 14.7. The molecule has 1 amide bonds. The van der Waals surface area contributed by atoms with Crippen molar-refractivity contribution in [3.63, 3.8) is 0 Å². The zero-order chi connectivity index (χ0) is 15.7. The summed E-state index contributed by atoms with van der Waals surface area (Å²) >= 11 is 0. The van der Waals surface area contributed by atoms with Gasteiger partial charge < -0.3 is 18.9 Å². The number of imidazole rings is 1. The quantitative estimate of drug-likeness (QED) is 0.811. The molecule has 1 fully saturated rings. The highest BCUT2D eigenvalue weighted by atomic mass is 16.6. The first-order chi connectivity index (χ1) is 10.4. The Morgan fingerprint density at radius 2 is 1.91 bits per heavy atom. The SMILES string of the molecule is CC(C)(C)OC(=O)N1CCN(c2ccc3nccn3c2)CC1. The number of hydrogen-bond donors (Lipinski definition) is 0. The number of aromatic nitrogens is 2. The normalized spacial score (nSPS) is 16.1. The molecule has 3 heterocycles. The standard InChI is InChI=1S/C16H22N4O2/c1-16(2,3)22-15(21)19-10-8-18(9-11-19)13-4-5-14-17-6-7-20(14)12-13/h4-7,12H,8-11H2,1-3H3. The predicted octanol–water partition coefficient (Wildman–Crippen LogP) is 2.39. The van der Waals surface area contributed by atoms with Crippen LogP contribution in [0.3, 0.4) is 0 Å². The van der Waals surface area contributed by atoms with Gasteiger partial charge in [0.1, 0.15) is 11.2 Å². The molecule has 22 heavy (non-hydrogen) atoms. The number of pyridine rings is 1. The molecule has 2 aromatic rings. The molecule has 1 aliphatic rings. The molecular weight excluding hydrogens is 280 g/mol. The number of rotatable bonds is 1. The number of hydrogen-bond acceptors (Lipinski definition) is 4. The third-order valence-electron chi connectivity index (χ3n) is 3.67. The summed E-state index contributed by atoms with van der Waals surface area (Å²) in [6.07, 6.45) is 5.58. The van der Waals surface area contributed by atoms with Crippen molar-refractivity contribution in [1.82, 2.24) is 14.3 Å². The molecule has 0 unspecified atom stereocenters. The second-order valence-electron chi connectivity index (χ2n) is 6.53. The molecule has 1 saturated heterocycles. The number of fused-ring (bicyclic) bond motifs is 1. The maximum atomic E-state index is 12.1. The molecule has 2 aromatic heterocycles. The fourth-order valence-electron chi connectivity index (χ4n) is 2.57. The summed E-state index contributed by atoms with van der Waals surface area (Å²) in [5.41, 5.74) is 1.64. The Morgan fingerprint density at radius 3 is 2.59 bits per heavy atom. The number of carbonyl (C=O) groups is 1. The van der Waals surface area contributed by atoms with Crippen LogP contribution in [0.5, 0.6) is 0 Å². The molecule has 0 N–H and O–H groups in total. The molecular formula is C16H22N4O2. The largest absolute Gasteiger partial charge is 0.444 e. The van der Waals surface area contributed by atoms with Gasteiger partial charge in [-0.15, -0.1) is 0 Å². The maximum Gasteiger partial charge on any atom is 0.410 e. The number of carbonyl (C=O) groups excluding carboxylic acids is 1. The smallest absolute Gasteiger partial charge is 0.410 e. The Kier molecular flexibility index (Phi) is 3.68. The van der Waals surface area contributed by atoms with Crippen LogP contribution < -0.4 is 4.90 Å². The summed E-state index contributed by atoms with van der Waals surface area (Å²) in [7, 11) is 0. The molecule has 0 radical (unpaired) electrons. The van der Waals surface area contributed by atoms with E-state index >= 15 is 0 Å². The molecule has 6 heteroatoms. The van der Waals surface area contributed by atoms with E-state index < -0.39 is 5.60 Å². The van der Waals surface area contributed by atoms with Gasteiger partial charge in [-0.3, -0.25) is 0 Å². The van der Waals surface area contributed by atoms with Crippen molar-refractivity contribution in [3.05, 3.63) is 30.7 Å². The van der Waals surface area contributed by atoms with Crippen molar-refractivity contribution in [2.45, 2.75) is 26.4 Å². The lowest BCUT2D eigenvalue weighted by atomic mass is 10.2. The van der Waals surface area contributed by atoms with E-state index in [0.29, 0.717) is 13.1 Å².